The normalized spacial score (nSPS) is 12.2. The predicted octanol–water partition coefficient (Wildman–Crippen LogP) is 2.85. The van der Waals surface area contributed by atoms with Gasteiger partial charge in [0.05, 0.1) is 13.7 Å². The largest absolute Gasteiger partial charge is 0.493 e. The van der Waals surface area contributed by atoms with Crippen molar-refractivity contribution in [2.75, 3.05) is 20.8 Å². The van der Waals surface area contributed by atoms with Gasteiger partial charge in [-0.25, -0.2) is 0 Å². The second kappa shape index (κ2) is 6.61. The number of hydrogen-bond acceptors (Lipinski definition) is 3. The van der Waals surface area contributed by atoms with E-state index in [4.69, 9.17) is 25.8 Å². The molecule has 1 aromatic rings. The number of methoxy groups -OCH3 is 2. The Morgan fingerprint density at radius 1 is 1.25 bits per heavy atom. The Bertz CT molecular complexity index is 328. The van der Waals surface area contributed by atoms with E-state index in [1.54, 1.807) is 14.2 Å². The number of alkyl halides is 1. The summed E-state index contributed by atoms with van der Waals surface area (Å²) >= 11 is 5.75. The number of halogens is 1. The minimum Gasteiger partial charge on any atom is -0.493 e. The molecular weight excluding hydrogens is 228 g/mol. The van der Waals surface area contributed by atoms with Gasteiger partial charge in [-0.3, -0.25) is 0 Å². The van der Waals surface area contributed by atoms with Gasteiger partial charge in [0.1, 0.15) is 6.10 Å². The molecule has 0 N–H and O–H groups in total. The number of hydrogen-bond donors (Lipinski definition) is 0. The first-order valence-electron chi connectivity index (χ1n) is 5.09. The van der Waals surface area contributed by atoms with Crippen LogP contribution in [0.25, 0.3) is 0 Å². The number of rotatable bonds is 6. The Labute approximate surface area is 101 Å². The van der Waals surface area contributed by atoms with Crippen LogP contribution in [-0.2, 0) is 10.6 Å². The fourth-order valence-electron chi connectivity index (χ4n) is 1.38. The van der Waals surface area contributed by atoms with Crippen molar-refractivity contribution in [1.29, 1.82) is 0 Å². The molecule has 0 amide bonds. The van der Waals surface area contributed by atoms with E-state index in [0.717, 1.165) is 5.56 Å². The molecule has 16 heavy (non-hydrogen) atoms. The molecule has 0 aromatic heterocycles. The lowest BCUT2D eigenvalue weighted by atomic mass is 10.2. The minimum atomic E-state index is -0.0132. The van der Waals surface area contributed by atoms with Crippen LogP contribution in [0, 0.1) is 0 Å². The highest BCUT2D eigenvalue weighted by Crippen LogP contribution is 2.29. The van der Waals surface area contributed by atoms with E-state index in [1.165, 1.54) is 0 Å². The van der Waals surface area contributed by atoms with Gasteiger partial charge in [-0.05, 0) is 24.6 Å². The van der Waals surface area contributed by atoms with Crippen LogP contribution >= 0.6 is 11.6 Å². The summed E-state index contributed by atoms with van der Waals surface area (Å²) in [6.45, 7) is 2.48. The molecule has 0 saturated carbocycles. The molecule has 0 aliphatic carbocycles. The van der Waals surface area contributed by atoms with E-state index in [2.05, 4.69) is 0 Å². The standard InChI is InChI=1S/C12H17ClO3/c1-9(8-14-2)16-11-5-4-10(7-13)6-12(11)15-3/h4-6,9H,7-8H2,1-3H3. The van der Waals surface area contributed by atoms with Gasteiger partial charge in [0, 0.05) is 13.0 Å². The van der Waals surface area contributed by atoms with Crippen molar-refractivity contribution in [3.63, 3.8) is 0 Å². The molecule has 0 saturated heterocycles. The highest BCUT2D eigenvalue weighted by Gasteiger charge is 2.09. The van der Waals surface area contributed by atoms with Crippen LogP contribution in [0.3, 0.4) is 0 Å². The molecule has 1 rings (SSSR count). The lowest BCUT2D eigenvalue weighted by molar-refractivity contribution is 0.0900. The van der Waals surface area contributed by atoms with Gasteiger partial charge in [0.25, 0.3) is 0 Å². The zero-order valence-electron chi connectivity index (χ0n) is 9.83. The Balaban J connectivity index is 2.78. The summed E-state index contributed by atoms with van der Waals surface area (Å²) in [5.41, 5.74) is 1.00. The van der Waals surface area contributed by atoms with Crippen molar-refractivity contribution >= 4 is 11.6 Å². The maximum atomic E-state index is 5.75. The second-order valence-electron chi connectivity index (χ2n) is 3.50. The minimum absolute atomic E-state index is 0.0132. The van der Waals surface area contributed by atoms with E-state index in [1.807, 2.05) is 25.1 Å². The molecule has 90 valence electrons. The van der Waals surface area contributed by atoms with Crippen molar-refractivity contribution in [2.45, 2.75) is 18.9 Å². The van der Waals surface area contributed by atoms with Gasteiger partial charge in [-0.2, -0.15) is 0 Å². The van der Waals surface area contributed by atoms with Crippen LogP contribution in [0.15, 0.2) is 18.2 Å². The summed E-state index contributed by atoms with van der Waals surface area (Å²) in [7, 11) is 3.26. The van der Waals surface area contributed by atoms with Gasteiger partial charge in [-0.15, -0.1) is 11.6 Å². The Morgan fingerprint density at radius 3 is 2.56 bits per heavy atom. The van der Waals surface area contributed by atoms with Crippen LogP contribution in [-0.4, -0.2) is 26.9 Å². The molecule has 1 aromatic carbocycles. The third kappa shape index (κ3) is 3.58. The van der Waals surface area contributed by atoms with E-state index < -0.39 is 0 Å². The smallest absolute Gasteiger partial charge is 0.161 e. The lowest BCUT2D eigenvalue weighted by Gasteiger charge is -2.16. The van der Waals surface area contributed by atoms with Crippen molar-refractivity contribution in [3.8, 4) is 11.5 Å². The molecule has 1 atom stereocenters. The summed E-state index contributed by atoms with van der Waals surface area (Å²) in [6, 6.07) is 5.66. The van der Waals surface area contributed by atoms with Crippen molar-refractivity contribution in [2.24, 2.45) is 0 Å². The lowest BCUT2D eigenvalue weighted by Crippen LogP contribution is -2.18. The fourth-order valence-corrected chi connectivity index (χ4v) is 1.54. The third-order valence-corrected chi connectivity index (χ3v) is 2.42. The number of benzene rings is 1. The van der Waals surface area contributed by atoms with Crippen molar-refractivity contribution in [1.82, 2.24) is 0 Å². The maximum Gasteiger partial charge on any atom is 0.161 e. The van der Waals surface area contributed by atoms with Crippen LogP contribution in [0.1, 0.15) is 12.5 Å². The second-order valence-corrected chi connectivity index (χ2v) is 3.77. The maximum absolute atomic E-state index is 5.75. The number of ether oxygens (including phenoxy) is 3. The molecule has 0 fully saturated rings. The van der Waals surface area contributed by atoms with Crippen LogP contribution in [0.4, 0.5) is 0 Å². The average molecular weight is 245 g/mol. The SMILES string of the molecule is COCC(C)Oc1ccc(CCl)cc1OC. The summed E-state index contributed by atoms with van der Waals surface area (Å²) in [6.07, 6.45) is -0.0132. The summed E-state index contributed by atoms with van der Waals surface area (Å²) in [5, 5.41) is 0. The molecule has 0 bridgehead atoms. The highest BCUT2D eigenvalue weighted by atomic mass is 35.5. The van der Waals surface area contributed by atoms with Crippen molar-refractivity contribution in [3.05, 3.63) is 23.8 Å². The molecule has 0 heterocycles. The molecule has 0 spiro atoms. The first kappa shape index (κ1) is 13.1. The zero-order valence-corrected chi connectivity index (χ0v) is 10.6. The molecule has 0 aliphatic heterocycles. The molecule has 0 radical (unpaired) electrons. The van der Waals surface area contributed by atoms with E-state index in [-0.39, 0.29) is 6.10 Å². The topological polar surface area (TPSA) is 27.7 Å². The van der Waals surface area contributed by atoms with Crippen LogP contribution in [0.5, 0.6) is 11.5 Å². The molecule has 4 heteroatoms. The van der Waals surface area contributed by atoms with Gasteiger partial charge in [0.2, 0.25) is 0 Å². The van der Waals surface area contributed by atoms with Gasteiger partial charge in [0.15, 0.2) is 11.5 Å². The van der Waals surface area contributed by atoms with Crippen LogP contribution < -0.4 is 9.47 Å². The average Bonchev–Trinajstić information content (AvgIpc) is 2.30. The molecule has 1 unspecified atom stereocenters. The van der Waals surface area contributed by atoms with Gasteiger partial charge >= 0.3 is 0 Å². The van der Waals surface area contributed by atoms with Crippen molar-refractivity contribution < 1.29 is 14.2 Å². The van der Waals surface area contributed by atoms with E-state index in [9.17, 15) is 0 Å². The van der Waals surface area contributed by atoms with Crippen LogP contribution in [0.2, 0.25) is 0 Å². The molecule has 0 aliphatic rings. The molecular formula is C12H17ClO3. The van der Waals surface area contributed by atoms with E-state index >= 15 is 0 Å². The summed E-state index contributed by atoms with van der Waals surface area (Å²) < 4.78 is 15.9. The summed E-state index contributed by atoms with van der Waals surface area (Å²) in [5.74, 6) is 1.87. The Hall–Kier alpha value is -0.930. The predicted molar refractivity (Wildman–Crippen MR) is 64.5 cm³/mol. The monoisotopic (exact) mass is 244 g/mol. The quantitative estimate of drug-likeness (QED) is 0.721. The van der Waals surface area contributed by atoms with Gasteiger partial charge in [-0.1, -0.05) is 6.07 Å². The molecule has 3 nitrogen and oxygen atoms in total. The Kier molecular flexibility index (Phi) is 5.43. The highest BCUT2D eigenvalue weighted by molar-refractivity contribution is 6.17. The fraction of sp³-hybridized carbons (Fsp3) is 0.500. The summed E-state index contributed by atoms with van der Waals surface area (Å²) in [4.78, 5) is 0. The Morgan fingerprint density at radius 2 is 2.00 bits per heavy atom. The third-order valence-electron chi connectivity index (χ3n) is 2.11. The van der Waals surface area contributed by atoms with E-state index in [0.29, 0.717) is 24.0 Å². The first-order chi connectivity index (χ1) is 7.71. The first-order valence-corrected chi connectivity index (χ1v) is 5.63. The zero-order chi connectivity index (χ0) is 12.0. The van der Waals surface area contributed by atoms with Gasteiger partial charge < -0.3 is 14.2 Å².